The topological polar surface area (TPSA) is 37.0 Å². The maximum atomic E-state index is 4.18. The van der Waals surface area contributed by atoms with Crippen LogP contribution in [0.3, 0.4) is 0 Å². The lowest BCUT2D eigenvalue weighted by molar-refractivity contribution is 0.573. The number of nitrogens with one attached hydrogen (secondary N) is 2. The number of nitrogens with zero attached hydrogens (tertiary/aromatic N) is 1. The summed E-state index contributed by atoms with van der Waals surface area (Å²) in [6, 6.07) is 4.05. The lowest BCUT2D eigenvalue weighted by Crippen LogP contribution is -2.07. The molecule has 0 bridgehead atoms. The van der Waals surface area contributed by atoms with Crippen molar-refractivity contribution in [1.82, 2.24) is 4.98 Å². The molecular formula is C12H19N3. The molecule has 15 heavy (non-hydrogen) atoms. The molecule has 82 valence electrons. The first-order valence-electron chi connectivity index (χ1n) is 5.49. The Balaban J connectivity index is 1.88. The molecule has 1 aromatic heterocycles. The molecule has 0 aromatic carbocycles. The molecule has 0 spiro atoms. The Morgan fingerprint density at radius 1 is 1.53 bits per heavy atom. The summed E-state index contributed by atoms with van der Waals surface area (Å²) < 4.78 is 0. The third-order valence-corrected chi connectivity index (χ3v) is 3.29. The van der Waals surface area contributed by atoms with Gasteiger partial charge >= 0.3 is 0 Å². The van der Waals surface area contributed by atoms with Crippen LogP contribution in [0, 0.1) is 11.3 Å². The van der Waals surface area contributed by atoms with E-state index in [1.54, 1.807) is 0 Å². The van der Waals surface area contributed by atoms with Crippen LogP contribution in [0.2, 0.25) is 0 Å². The first-order chi connectivity index (χ1) is 7.12. The van der Waals surface area contributed by atoms with Gasteiger partial charge in [0.2, 0.25) is 0 Å². The van der Waals surface area contributed by atoms with E-state index in [1.165, 1.54) is 6.42 Å². The molecule has 0 radical (unpaired) electrons. The SMILES string of the molecule is CNc1cc(NCC2CC2(C)C)ccn1. The first-order valence-corrected chi connectivity index (χ1v) is 5.49. The molecule has 3 heteroatoms. The fourth-order valence-corrected chi connectivity index (χ4v) is 1.84. The van der Waals surface area contributed by atoms with E-state index in [0.29, 0.717) is 5.41 Å². The zero-order chi connectivity index (χ0) is 10.9. The van der Waals surface area contributed by atoms with Crippen molar-refractivity contribution in [1.29, 1.82) is 0 Å². The van der Waals surface area contributed by atoms with Gasteiger partial charge in [-0.3, -0.25) is 0 Å². The highest BCUT2D eigenvalue weighted by Gasteiger charge is 2.44. The van der Waals surface area contributed by atoms with Crippen molar-refractivity contribution < 1.29 is 0 Å². The number of pyridine rings is 1. The number of hydrogen-bond acceptors (Lipinski definition) is 3. The van der Waals surface area contributed by atoms with Gasteiger partial charge < -0.3 is 10.6 Å². The summed E-state index contributed by atoms with van der Waals surface area (Å²) in [4.78, 5) is 4.18. The van der Waals surface area contributed by atoms with E-state index in [2.05, 4.69) is 29.5 Å². The van der Waals surface area contributed by atoms with Gasteiger partial charge in [0.05, 0.1) is 0 Å². The Morgan fingerprint density at radius 2 is 2.27 bits per heavy atom. The van der Waals surface area contributed by atoms with E-state index in [1.807, 2.05) is 25.4 Å². The zero-order valence-electron chi connectivity index (χ0n) is 9.67. The maximum absolute atomic E-state index is 4.18. The molecule has 1 fully saturated rings. The Bertz CT molecular complexity index is 346. The molecule has 1 aliphatic carbocycles. The number of aromatic nitrogens is 1. The third kappa shape index (κ3) is 2.41. The summed E-state index contributed by atoms with van der Waals surface area (Å²) in [7, 11) is 1.89. The van der Waals surface area contributed by atoms with Gasteiger partial charge in [-0.15, -0.1) is 0 Å². The first kappa shape index (κ1) is 10.3. The van der Waals surface area contributed by atoms with Crippen LogP contribution in [-0.2, 0) is 0 Å². The predicted octanol–water partition coefficient (Wildman–Crippen LogP) is 2.58. The van der Waals surface area contributed by atoms with Gasteiger partial charge in [-0.05, 0) is 23.8 Å². The van der Waals surface area contributed by atoms with Gasteiger partial charge in [-0.2, -0.15) is 0 Å². The molecule has 1 saturated carbocycles. The standard InChI is InChI=1S/C12H19N3/c1-12(2)7-9(12)8-15-10-4-5-14-11(6-10)13-3/h4-6,9H,7-8H2,1-3H3,(H2,13,14,15). The molecule has 2 rings (SSSR count). The van der Waals surface area contributed by atoms with Crippen LogP contribution in [0.4, 0.5) is 11.5 Å². The second-order valence-corrected chi connectivity index (χ2v) is 4.95. The number of anilines is 2. The Labute approximate surface area is 91.3 Å². The van der Waals surface area contributed by atoms with Crippen LogP contribution in [0.1, 0.15) is 20.3 Å². The van der Waals surface area contributed by atoms with Crippen molar-refractivity contribution in [2.45, 2.75) is 20.3 Å². The van der Waals surface area contributed by atoms with Gasteiger partial charge in [0.1, 0.15) is 5.82 Å². The third-order valence-electron chi connectivity index (χ3n) is 3.29. The van der Waals surface area contributed by atoms with E-state index in [9.17, 15) is 0 Å². The molecule has 2 N–H and O–H groups in total. The van der Waals surface area contributed by atoms with Crippen LogP contribution < -0.4 is 10.6 Å². The Morgan fingerprint density at radius 3 is 2.87 bits per heavy atom. The summed E-state index contributed by atoms with van der Waals surface area (Å²) in [6.45, 7) is 5.72. The highest BCUT2D eigenvalue weighted by atomic mass is 15.0. The highest BCUT2D eigenvalue weighted by molar-refractivity contribution is 5.51. The number of rotatable bonds is 4. The Hall–Kier alpha value is -1.25. The monoisotopic (exact) mass is 205 g/mol. The van der Waals surface area contributed by atoms with E-state index < -0.39 is 0 Å². The molecule has 0 saturated heterocycles. The minimum absolute atomic E-state index is 0.547. The molecule has 1 unspecified atom stereocenters. The van der Waals surface area contributed by atoms with E-state index in [4.69, 9.17) is 0 Å². The van der Waals surface area contributed by atoms with E-state index in [0.717, 1.165) is 24.0 Å². The van der Waals surface area contributed by atoms with Crippen molar-refractivity contribution in [3.05, 3.63) is 18.3 Å². The summed E-state index contributed by atoms with van der Waals surface area (Å²) in [5.41, 5.74) is 1.70. The molecule has 0 aliphatic heterocycles. The van der Waals surface area contributed by atoms with Gasteiger partial charge in [0, 0.05) is 31.5 Å². The fraction of sp³-hybridized carbons (Fsp3) is 0.583. The highest BCUT2D eigenvalue weighted by Crippen LogP contribution is 2.51. The van der Waals surface area contributed by atoms with Crippen molar-refractivity contribution in [3.63, 3.8) is 0 Å². The van der Waals surface area contributed by atoms with Gasteiger partial charge in [-0.25, -0.2) is 4.98 Å². The minimum atomic E-state index is 0.547. The average Bonchev–Trinajstić information content (AvgIpc) is 2.84. The molecule has 1 heterocycles. The quantitative estimate of drug-likeness (QED) is 0.793. The van der Waals surface area contributed by atoms with E-state index in [-0.39, 0.29) is 0 Å². The summed E-state index contributed by atoms with van der Waals surface area (Å²) in [5, 5.41) is 6.49. The van der Waals surface area contributed by atoms with Crippen molar-refractivity contribution in [2.75, 3.05) is 24.2 Å². The molecule has 3 nitrogen and oxygen atoms in total. The van der Waals surface area contributed by atoms with Gasteiger partial charge in [0.25, 0.3) is 0 Å². The van der Waals surface area contributed by atoms with E-state index >= 15 is 0 Å². The van der Waals surface area contributed by atoms with Crippen LogP contribution in [-0.4, -0.2) is 18.6 Å². The predicted molar refractivity (Wildman–Crippen MR) is 64.2 cm³/mol. The van der Waals surface area contributed by atoms with Gasteiger partial charge in [-0.1, -0.05) is 13.8 Å². The van der Waals surface area contributed by atoms with Crippen LogP contribution in [0.5, 0.6) is 0 Å². The molecule has 1 aromatic rings. The lowest BCUT2D eigenvalue weighted by atomic mass is 10.1. The minimum Gasteiger partial charge on any atom is -0.385 e. The number of hydrogen-bond donors (Lipinski definition) is 2. The summed E-state index contributed by atoms with van der Waals surface area (Å²) in [6.07, 6.45) is 3.16. The van der Waals surface area contributed by atoms with Crippen molar-refractivity contribution in [2.24, 2.45) is 11.3 Å². The fourth-order valence-electron chi connectivity index (χ4n) is 1.84. The summed E-state index contributed by atoms with van der Waals surface area (Å²) >= 11 is 0. The van der Waals surface area contributed by atoms with Crippen LogP contribution in [0.25, 0.3) is 0 Å². The van der Waals surface area contributed by atoms with Crippen LogP contribution >= 0.6 is 0 Å². The summed E-state index contributed by atoms with van der Waals surface area (Å²) in [5.74, 6) is 1.73. The van der Waals surface area contributed by atoms with Crippen molar-refractivity contribution in [3.8, 4) is 0 Å². The molecular weight excluding hydrogens is 186 g/mol. The largest absolute Gasteiger partial charge is 0.385 e. The van der Waals surface area contributed by atoms with Gasteiger partial charge in [0.15, 0.2) is 0 Å². The maximum Gasteiger partial charge on any atom is 0.127 e. The second-order valence-electron chi connectivity index (χ2n) is 4.95. The van der Waals surface area contributed by atoms with Crippen molar-refractivity contribution >= 4 is 11.5 Å². The normalized spacial score (nSPS) is 22.2. The zero-order valence-corrected chi connectivity index (χ0v) is 9.67. The Kier molecular flexibility index (Phi) is 2.55. The molecule has 1 atom stereocenters. The lowest BCUT2D eigenvalue weighted by Gasteiger charge is -2.08. The average molecular weight is 205 g/mol. The van der Waals surface area contributed by atoms with Crippen LogP contribution in [0.15, 0.2) is 18.3 Å². The second kappa shape index (κ2) is 3.72. The molecule has 1 aliphatic rings. The molecule has 0 amide bonds. The smallest absolute Gasteiger partial charge is 0.127 e.